The number of aliphatic hydroxyl groups is 1. The van der Waals surface area contributed by atoms with Crippen molar-refractivity contribution in [3.05, 3.63) is 33.4 Å². The number of halogens is 1. The number of benzene rings is 1. The molecule has 156 valence electrons. The van der Waals surface area contributed by atoms with Crippen molar-refractivity contribution in [2.24, 2.45) is 0 Å². The summed E-state index contributed by atoms with van der Waals surface area (Å²) in [6, 6.07) is 8.32. The van der Waals surface area contributed by atoms with Crippen LogP contribution in [0.1, 0.15) is 103 Å². The smallest absolute Gasteiger partial charge is 0.0916 e. The minimum Gasteiger partial charge on any atom is -0.387 e. The zero-order chi connectivity index (χ0) is 19.7. The second-order valence-corrected chi connectivity index (χ2v) is 9.15. The molecule has 0 radical (unpaired) electrons. The molecule has 0 heterocycles. The fourth-order valence-corrected chi connectivity index (χ4v) is 3.92. The molecule has 0 spiro atoms. The van der Waals surface area contributed by atoms with Crippen LogP contribution in [-0.2, 0) is 0 Å². The number of rotatable bonds is 17. The van der Waals surface area contributed by atoms with Gasteiger partial charge >= 0.3 is 0 Å². The second-order valence-electron chi connectivity index (χ2n) is 7.90. The average molecular weight is 488 g/mol. The standard InChI is InChI=1S/C24H42INO/c1-3-5-7-9-11-13-19-26(20-14-12-10-8-6-4-2)21-24(27)22-15-17-23(25)18-16-22/h15-18,24,27H,3-14,19-21H2,1-2H3. The maximum absolute atomic E-state index is 10.7. The highest BCUT2D eigenvalue weighted by atomic mass is 127. The number of aliphatic hydroxyl groups excluding tert-OH is 1. The molecule has 1 aromatic carbocycles. The van der Waals surface area contributed by atoms with Crippen LogP contribution < -0.4 is 0 Å². The Kier molecular flexibility index (Phi) is 15.5. The van der Waals surface area contributed by atoms with Gasteiger partial charge in [-0.3, -0.25) is 0 Å². The highest BCUT2D eigenvalue weighted by Crippen LogP contribution is 2.17. The summed E-state index contributed by atoms with van der Waals surface area (Å²) in [7, 11) is 0. The topological polar surface area (TPSA) is 23.5 Å². The van der Waals surface area contributed by atoms with Crippen LogP contribution in [0.25, 0.3) is 0 Å². The third-order valence-corrected chi connectivity index (χ3v) is 6.06. The Hall–Kier alpha value is -0.130. The lowest BCUT2D eigenvalue weighted by molar-refractivity contribution is 0.110. The van der Waals surface area contributed by atoms with Gasteiger partial charge in [-0.15, -0.1) is 0 Å². The molecule has 1 N–H and O–H groups in total. The van der Waals surface area contributed by atoms with Crippen LogP contribution in [0.3, 0.4) is 0 Å². The minimum atomic E-state index is -0.373. The van der Waals surface area contributed by atoms with Gasteiger partial charge in [-0.2, -0.15) is 0 Å². The van der Waals surface area contributed by atoms with Gasteiger partial charge in [-0.25, -0.2) is 0 Å². The molecule has 0 bridgehead atoms. The lowest BCUT2D eigenvalue weighted by Gasteiger charge is -2.25. The van der Waals surface area contributed by atoms with E-state index in [1.54, 1.807) is 0 Å². The highest BCUT2D eigenvalue weighted by Gasteiger charge is 2.13. The van der Waals surface area contributed by atoms with E-state index in [1.807, 2.05) is 0 Å². The van der Waals surface area contributed by atoms with E-state index >= 15 is 0 Å². The summed E-state index contributed by atoms with van der Waals surface area (Å²) in [4.78, 5) is 2.50. The van der Waals surface area contributed by atoms with Crippen molar-refractivity contribution in [1.29, 1.82) is 0 Å². The van der Waals surface area contributed by atoms with Crippen molar-refractivity contribution in [3.63, 3.8) is 0 Å². The first-order valence-corrected chi connectivity index (χ1v) is 12.4. The largest absolute Gasteiger partial charge is 0.387 e. The van der Waals surface area contributed by atoms with Crippen LogP contribution in [0.5, 0.6) is 0 Å². The van der Waals surface area contributed by atoms with E-state index < -0.39 is 0 Å². The first-order chi connectivity index (χ1) is 13.2. The summed E-state index contributed by atoms with van der Waals surface area (Å²) in [6.45, 7) is 7.57. The van der Waals surface area contributed by atoms with Crippen LogP contribution in [0.4, 0.5) is 0 Å². The predicted octanol–water partition coefficient (Wildman–Crippen LogP) is 7.35. The van der Waals surface area contributed by atoms with E-state index in [0.717, 1.165) is 25.2 Å². The SMILES string of the molecule is CCCCCCCCN(CCCCCCCC)CC(O)c1ccc(I)cc1. The minimum absolute atomic E-state index is 0.373. The first kappa shape index (κ1) is 24.9. The van der Waals surface area contributed by atoms with E-state index in [0.29, 0.717) is 0 Å². The summed E-state index contributed by atoms with van der Waals surface area (Å²) in [5.41, 5.74) is 1.05. The van der Waals surface area contributed by atoms with E-state index in [9.17, 15) is 5.11 Å². The van der Waals surface area contributed by atoms with Crippen LogP contribution in [0.2, 0.25) is 0 Å². The van der Waals surface area contributed by atoms with E-state index in [1.165, 1.54) is 80.6 Å². The summed E-state index contributed by atoms with van der Waals surface area (Å²) in [5.74, 6) is 0. The molecule has 1 rings (SSSR count). The number of hydrogen-bond donors (Lipinski definition) is 1. The van der Waals surface area contributed by atoms with Gasteiger partial charge in [-0.05, 0) is 66.2 Å². The number of unbranched alkanes of at least 4 members (excludes halogenated alkanes) is 10. The summed E-state index contributed by atoms with van der Waals surface area (Å²) in [6.07, 6.45) is 15.6. The molecule has 0 saturated carbocycles. The van der Waals surface area contributed by atoms with Gasteiger partial charge in [0.15, 0.2) is 0 Å². The molecule has 0 aliphatic rings. The van der Waals surface area contributed by atoms with E-state index in [-0.39, 0.29) is 6.10 Å². The van der Waals surface area contributed by atoms with Crippen LogP contribution >= 0.6 is 22.6 Å². The number of nitrogens with zero attached hydrogens (tertiary/aromatic N) is 1. The normalized spacial score (nSPS) is 12.6. The summed E-state index contributed by atoms with van der Waals surface area (Å²) >= 11 is 2.32. The Bertz CT molecular complexity index is 432. The first-order valence-electron chi connectivity index (χ1n) is 11.3. The molecule has 1 atom stereocenters. The van der Waals surface area contributed by atoms with Crippen molar-refractivity contribution in [2.45, 2.75) is 97.0 Å². The molecule has 1 aromatic rings. The number of hydrogen-bond acceptors (Lipinski definition) is 2. The lowest BCUT2D eigenvalue weighted by Crippen LogP contribution is -2.31. The Morgan fingerprint density at radius 3 is 1.67 bits per heavy atom. The molecular formula is C24H42INO. The molecule has 0 aromatic heterocycles. The Labute approximate surface area is 182 Å². The van der Waals surface area contributed by atoms with Crippen LogP contribution in [-0.4, -0.2) is 29.6 Å². The van der Waals surface area contributed by atoms with Gasteiger partial charge in [0.05, 0.1) is 6.10 Å². The molecule has 0 saturated heterocycles. The quantitative estimate of drug-likeness (QED) is 0.183. The molecule has 0 amide bonds. The molecule has 1 unspecified atom stereocenters. The summed E-state index contributed by atoms with van der Waals surface area (Å²) in [5, 5.41) is 10.7. The van der Waals surface area contributed by atoms with Crippen LogP contribution in [0.15, 0.2) is 24.3 Å². The van der Waals surface area contributed by atoms with Gasteiger partial charge in [0.2, 0.25) is 0 Å². The Morgan fingerprint density at radius 2 is 1.19 bits per heavy atom. The van der Waals surface area contributed by atoms with Crippen molar-refractivity contribution < 1.29 is 5.11 Å². The molecular weight excluding hydrogens is 445 g/mol. The van der Waals surface area contributed by atoms with Crippen molar-refractivity contribution in [1.82, 2.24) is 4.90 Å². The highest BCUT2D eigenvalue weighted by molar-refractivity contribution is 14.1. The Balaban J connectivity index is 2.39. The van der Waals surface area contributed by atoms with Crippen LogP contribution in [0, 0.1) is 3.57 Å². The van der Waals surface area contributed by atoms with Crippen molar-refractivity contribution in [3.8, 4) is 0 Å². The van der Waals surface area contributed by atoms with Gasteiger partial charge in [0.25, 0.3) is 0 Å². The van der Waals surface area contributed by atoms with Gasteiger partial charge < -0.3 is 10.0 Å². The van der Waals surface area contributed by atoms with E-state index in [2.05, 4.69) is 65.6 Å². The van der Waals surface area contributed by atoms with E-state index in [4.69, 9.17) is 0 Å². The predicted molar refractivity (Wildman–Crippen MR) is 127 cm³/mol. The zero-order valence-corrected chi connectivity index (χ0v) is 19.9. The maximum atomic E-state index is 10.7. The Morgan fingerprint density at radius 1 is 0.741 bits per heavy atom. The zero-order valence-electron chi connectivity index (χ0n) is 17.8. The molecule has 0 fully saturated rings. The molecule has 2 nitrogen and oxygen atoms in total. The summed E-state index contributed by atoms with van der Waals surface area (Å²) < 4.78 is 1.22. The lowest BCUT2D eigenvalue weighted by atomic mass is 10.1. The second kappa shape index (κ2) is 16.8. The fourth-order valence-electron chi connectivity index (χ4n) is 3.56. The third kappa shape index (κ3) is 12.8. The monoisotopic (exact) mass is 487 g/mol. The van der Waals surface area contributed by atoms with Gasteiger partial charge in [-0.1, -0.05) is 90.2 Å². The average Bonchev–Trinajstić information content (AvgIpc) is 2.67. The molecule has 3 heteroatoms. The molecule has 27 heavy (non-hydrogen) atoms. The third-order valence-electron chi connectivity index (χ3n) is 5.34. The van der Waals surface area contributed by atoms with Crippen molar-refractivity contribution >= 4 is 22.6 Å². The van der Waals surface area contributed by atoms with Crippen molar-refractivity contribution in [2.75, 3.05) is 19.6 Å². The molecule has 0 aliphatic heterocycles. The van der Waals surface area contributed by atoms with Gasteiger partial charge in [0.1, 0.15) is 0 Å². The fraction of sp³-hybridized carbons (Fsp3) is 0.750. The molecule has 0 aliphatic carbocycles. The maximum Gasteiger partial charge on any atom is 0.0916 e. The van der Waals surface area contributed by atoms with Gasteiger partial charge in [0, 0.05) is 10.1 Å².